The lowest BCUT2D eigenvalue weighted by Crippen LogP contribution is -2.66. The minimum absolute atomic E-state index is 0.0783. The average molecular weight is 278 g/mol. The number of nitrogens with one attached hydrogen (secondary N) is 1. The molecule has 4 nitrogen and oxygen atoms in total. The standard InChI is InChI=1S/C16H26N2O2/c1-15(2)10-18(11-16(3,4)17-15)12-7-8-13(19-5)14(9-12)20-6/h7-9,17H,10-11H2,1-6H3. The van der Waals surface area contributed by atoms with Crippen molar-refractivity contribution in [3.63, 3.8) is 0 Å². The van der Waals surface area contributed by atoms with Crippen molar-refractivity contribution < 1.29 is 9.47 Å². The minimum Gasteiger partial charge on any atom is -0.493 e. The second-order valence-corrected chi connectivity index (χ2v) is 6.79. The van der Waals surface area contributed by atoms with E-state index < -0.39 is 0 Å². The van der Waals surface area contributed by atoms with Gasteiger partial charge in [-0.05, 0) is 39.8 Å². The van der Waals surface area contributed by atoms with Crippen LogP contribution in [0, 0.1) is 0 Å². The number of nitrogens with zero attached hydrogens (tertiary/aromatic N) is 1. The van der Waals surface area contributed by atoms with Gasteiger partial charge in [0.2, 0.25) is 0 Å². The van der Waals surface area contributed by atoms with Crippen molar-refractivity contribution in [3.8, 4) is 11.5 Å². The Bertz CT molecular complexity index is 467. The van der Waals surface area contributed by atoms with E-state index in [2.05, 4.69) is 50.0 Å². The van der Waals surface area contributed by atoms with Crippen molar-refractivity contribution in [2.24, 2.45) is 0 Å². The van der Waals surface area contributed by atoms with Gasteiger partial charge in [-0.3, -0.25) is 0 Å². The molecule has 1 aromatic rings. The highest BCUT2D eigenvalue weighted by atomic mass is 16.5. The number of piperazine rings is 1. The Labute approximate surface area is 122 Å². The molecule has 0 bridgehead atoms. The Hall–Kier alpha value is -1.42. The molecule has 4 heteroatoms. The van der Waals surface area contributed by atoms with E-state index in [4.69, 9.17) is 9.47 Å². The molecule has 1 aliphatic rings. The molecule has 0 saturated carbocycles. The summed E-state index contributed by atoms with van der Waals surface area (Å²) in [4.78, 5) is 2.40. The maximum absolute atomic E-state index is 5.40. The zero-order chi connectivity index (χ0) is 15.0. The fraction of sp³-hybridized carbons (Fsp3) is 0.625. The number of methoxy groups -OCH3 is 2. The van der Waals surface area contributed by atoms with Crippen LogP contribution in [0.25, 0.3) is 0 Å². The lowest BCUT2D eigenvalue weighted by Gasteiger charge is -2.49. The Morgan fingerprint density at radius 3 is 2.00 bits per heavy atom. The second-order valence-electron chi connectivity index (χ2n) is 6.79. The Morgan fingerprint density at radius 1 is 0.950 bits per heavy atom. The van der Waals surface area contributed by atoms with E-state index >= 15 is 0 Å². The van der Waals surface area contributed by atoms with Crippen LogP contribution >= 0.6 is 0 Å². The van der Waals surface area contributed by atoms with Gasteiger partial charge in [0.15, 0.2) is 11.5 Å². The van der Waals surface area contributed by atoms with Gasteiger partial charge < -0.3 is 19.7 Å². The molecule has 0 unspecified atom stereocenters. The van der Waals surface area contributed by atoms with Gasteiger partial charge >= 0.3 is 0 Å². The van der Waals surface area contributed by atoms with Crippen LogP contribution in [0.5, 0.6) is 11.5 Å². The van der Waals surface area contributed by atoms with Crippen LogP contribution in [0.15, 0.2) is 18.2 Å². The summed E-state index contributed by atoms with van der Waals surface area (Å²) in [5.41, 5.74) is 1.33. The largest absolute Gasteiger partial charge is 0.493 e. The molecule has 0 amide bonds. The first-order valence-electron chi connectivity index (χ1n) is 7.03. The summed E-state index contributed by atoms with van der Waals surface area (Å²) in [6.07, 6.45) is 0. The number of benzene rings is 1. The van der Waals surface area contributed by atoms with E-state index in [1.165, 1.54) is 5.69 Å². The monoisotopic (exact) mass is 278 g/mol. The summed E-state index contributed by atoms with van der Waals surface area (Å²) in [6, 6.07) is 6.12. The summed E-state index contributed by atoms with van der Waals surface area (Å²) < 4.78 is 10.7. The maximum atomic E-state index is 5.40. The van der Waals surface area contributed by atoms with Crippen LogP contribution < -0.4 is 19.7 Å². The summed E-state index contributed by atoms with van der Waals surface area (Å²) in [5.74, 6) is 1.55. The molecule has 1 fully saturated rings. The van der Waals surface area contributed by atoms with Crippen molar-refractivity contribution >= 4 is 5.69 Å². The molecular formula is C16H26N2O2. The molecule has 1 heterocycles. The Morgan fingerprint density at radius 2 is 1.50 bits per heavy atom. The van der Waals surface area contributed by atoms with Gasteiger partial charge in [0.25, 0.3) is 0 Å². The molecular weight excluding hydrogens is 252 g/mol. The average Bonchev–Trinajstić information content (AvgIpc) is 2.34. The zero-order valence-electron chi connectivity index (χ0n) is 13.4. The molecule has 20 heavy (non-hydrogen) atoms. The first-order chi connectivity index (χ1) is 9.26. The molecule has 1 N–H and O–H groups in total. The Balaban J connectivity index is 2.31. The van der Waals surface area contributed by atoms with Gasteiger partial charge in [0, 0.05) is 35.9 Å². The van der Waals surface area contributed by atoms with E-state index in [-0.39, 0.29) is 11.1 Å². The molecule has 1 saturated heterocycles. The van der Waals surface area contributed by atoms with E-state index in [1.807, 2.05) is 6.07 Å². The fourth-order valence-electron chi connectivity index (χ4n) is 3.21. The first kappa shape index (κ1) is 15.0. The molecule has 1 aromatic carbocycles. The van der Waals surface area contributed by atoms with Crippen LogP contribution in [-0.2, 0) is 0 Å². The van der Waals surface area contributed by atoms with Crippen LogP contribution in [0.2, 0.25) is 0 Å². The number of hydrogen-bond acceptors (Lipinski definition) is 4. The second kappa shape index (κ2) is 5.17. The summed E-state index contributed by atoms with van der Waals surface area (Å²) in [6.45, 7) is 10.9. The predicted molar refractivity (Wildman–Crippen MR) is 83.1 cm³/mol. The van der Waals surface area contributed by atoms with Gasteiger partial charge in [-0.2, -0.15) is 0 Å². The molecule has 0 atom stereocenters. The van der Waals surface area contributed by atoms with E-state index in [0.29, 0.717) is 0 Å². The lowest BCUT2D eigenvalue weighted by molar-refractivity contribution is 0.226. The van der Waals surface area contributed by atoms with E-state index in [1.54, 1.807) is 14.2 Å². The van der Waals surface area contributed by atoms with Crippen molar-refractivity contribution in [1.29, 1.82) is 0 Å². The molecule has 0 spiro atoms. The van der Waals surface area contributed by atoms with Crippen molar-refractivity contribution in [1.82, 2.24) is 5.32 Å². The number of ether oxygens (including phenoxy) is 2. The quantitative estimate of drug-likeness (QED) is 0.921. The van der Waals surface area contributed by atoms with Gasteiger partial charge in [-0.1, -0.05) is 0 Å². The Kier molecular flexibility index (Phi) is 3.87. The molecule has 0 aliphatic carbocycles. The number of anilines is 1. The fourth-order valence-corrected chi connectivity index (χ4v) is 3.21. The normalized spacial score (nSPS) is 20.6. The summed E-state index contributed by atoms with van der Waals surface area (Å²) in [5, 5.41) is 3.69. The van der Waals surface area contributed by atoms with Crippen molar-refractivity contribution in [2.45, 2.75) is 38.8 Å². The van der Waals surface area contributed by atoms with Gasteiger partial charge in [0.05, 0.1) is 14.2 Å². The first-order valence-corrected chi connectivity index (χ1v) is 7.03. The third-order valence-electron chi connectivity index (χ3n) is 3.58. The summed E-state index contributed by atoms with van der Waals surface area (Å²) >= 11 is 0. The highest BCUT2D eigenvalue weighted by Gasteiger charge is 2.36. The lowest BCUT2D eigenvalue weighted by atomic mass is 9.91. The maximum Gasteiger partial charge on any atom is 0.162 e. The van der Waals surface area contributed by atoms with E-state index in [9.17, 15) is 0 Å². The molecule has 1 aliphatic heterocycles. The van der Waals surface area contributed by atoms with Gasteiger partial charge in [0.1, 0.15) is 0 Å². The van der Waals surface area contributed by atoms with Gasteiger partial charge in [-0.25, -0.2) is 0 Å². The predicted octanol–water partition coefficient (Wildman–Crippen LogP) is 2.67. The van der Waals surface area contributed by atoms with E-state index in [0.717, 1.165) is 24.6 Å². The van der Waals surface area contributed by atoms with Crippen molar-refractivity contribution in [2.75, 3.05) is 32.2 Å². The highest BCUT2D eigenvalue weighted by molar-refractivity contribution is 5.57. The number of hydrogen-bond donors (Lipinski definition) is 1. The highest BCUT2D eigenvalue weighted by Crippen LogP contribution is 2.34. The third-order valence-corrected chi connectivity index (χ3v) is 3.58. The van der Waals surface area contributed by atoms with Crippen LogP contribution in [-0.4, -0.2) is 38.4 Å². The zero-order valence-corrected chi connectivity index (χ0v) is 13.4. The SMILES string of the molecule is COc1ccc(N2CC(C)(C)NC(C)(C)C2)cc1OC. The van der Waals surface area contributed by atoms with Crippen LogP contribution in [0.1, 0.15) is 27.7 Å². The third kappa shape index (κ3) is 3.18. The van der Waals surface area contributed by atoms with Crippen LogP contribution in [0.3, 0.4) is 0 Å². The van der Waals surface area contributed by atoms with Crippen molar-refractivity contribution in [3.05, 3.63) is 18.2 Å². The molecule has 0 radical (unpaired) electrons. The van der Waals surface area contributed by atoms with Crippen LogP contribution in [0.4, 0.5) is 5.69 Å². The molecule has 2 rings (SSSR count). The smallest absolute Gasteiger partial charge is 0.162 e. The molecule has 112 valence electrons. The number of rotatable bonds is 3. The van der Waals surface area contributed by atoms with Gasteiger partial charge in [-0.15, -0.1) is 0 Å². The minimum atomic E-state index is 0.0783. The molecule has 0 aromatic heterocycles. The topological polar surface area (TPSA) is 33.7 Å². The summed E-state index contributed by atoms with van der Waals surface area (Å²) in [7, 11) is 3.34.